The van der Waals surface area contributed by atoms with Gasteiger partial charge in [0, 0.05) is 34.8 Å². The third kappa shape index (κ3) is 2.65. The summed E-state index contributed by atoms with van der Waals surface area (Å²) < 4.78 is 2.18. The van der Waals surface area contributed by atoms with Crippen LogP contribution in [0.1, 0.15) is 22.9 Å². The molecule has 4 nitrogen and oxygen atoms in total. The Bertz CT molecular complexity index is 1300. The maximum absolute atomic E-state index is 4.95. The fourth-order valence-corrected chi connectivity index (χ4v) is 3.81. The smallest absolute Gasteiger partial charge is 0.145 e. The predicted molar refractivity (Wildman–Crippen MR) is 109 cm³/mol. The van der Waals surface area contributed by atoms with Crippen LogP contribution in [0.2, 0.25) is 0 Å². The van der Waals surface area contributed by atoms with Gasteiger partial charge in [-0.15, -0.1) is 0 Å². The highest BCUT2D eigenvalue weighted by Gasteiger charge is 2.12. The minimum absolute atomic E-state index is 0.786. The van der Waals surface area contributed by atoms with Gasteiger partial charge < -0.3 is 4.40 Å². The normalized spacial score (nSPS) is 11.6. The van der Waals surface area contributed by atoms with Crippen molar-refractivity contribution >= 4 is 27.3 Å². The number of hydrogen-bond acceptors (Lipinski definition) is 3. The lowest BCUT2D eigenvalue weighted by Gasteiger charge is -2.05. The average molecular weight is 352 g/mol. The monoisotopic (exact) mass is 352 g/mol. The van der Waals surface area contributed by atoms with Crippen LogP contribution < -0.4 is 0 Å². The minimum atomic E-state index is 0.786. The van der Waals surface area contributed by atoms with E-state index in [-0.39, 0.29) is 0 Å². The van der Waals surface area contributed by atoms with E-state index in [2.05, 4.69) is 66.9 Å². The van der Waals surface area contributed by atoms with Gasteiger partial charge in [-0.3, -0.25) is 0 Å². The molecular formula is C23H20N4. The van der Waals surface area contributed by atoms with Crippen molar-refractivity contribution in [2.45, 2.75) is 26.7 Å². The molecule has 3 heterocycles. The Kier molecular flexibility index (Phi) is 3.64. The molecule has 5 rings (SSSR count). The van der Waals surface area contributed by atoms with Crippen molar-refractivity contribution in [2.24, 2.45) is 0 Å². The fraction of sp³-hybridized carbons (Fsp3) is 0.174. The van der Waals surface area contributed by atoms with Crippen LogP contribution in [0, 0.1) is 13.8 Å². The third-order valence-electron chi connectivity index (χ3n) is 5.28. The number of para-hydroxylation sites is 1. The highest BCUT2D eigenvalue weighted by molar-refractivity contribution is 5.94. The summed E-state index contributed by atoms with van der Waals surface area (Å²) in [5.41, 5.74) is 5.37. The molecule has 0 aliphatic rings. The van der Waals surface area contributed by atoms with E-state index in [0.717, 1.165) is 46.6 Å². The van der Waals surface area contributed by atoms with Gasteiger partial charge in [-0.25, -0.2) is 15.0 Å². The standard InChI is InChI=1S/C23H20N4/c1-15-18-8-5-6-10-21(18)25-22(24-15)12-11-20-16(2)27-14-13-17-7-3-4-9-19(17)23(27)26-20/h3-10,13-14H,11-12H2,1-2H3. The van der Waals surface area contributed by atoms with E-state index >= 15 is 0 Å². The van der Waals surface area contributed by atoms with E-state index in [4.69, 9.17) is 15.0 Å². The second kappa shape index (κ2) is 6.16. The van der Waals surface area contributed by atoms with Gasteiger partial charge in [0.2, 0.25) is 0 Å². The Hall–Kier alpha value is -3.27. The summed E-state index contributed by atoms with van der Waals surface area (Å²) in [6.07, 6.45) is 3.73. The summed E-state index contributed by atoms with van der Waals surface area (Å²) in [5.74, 6) is 0.882. The Morgan fingerprint density at radius 3 is 2.44 bits per heavy atom. The maximum atomic E-state index is 4.95. The molecule has 2 aromatic carbocycles. The van der Waals surface area contributed by atoms with Crippen molar-refractivity contribution in [2.75, 3.05) is 0 Å². The lowest BCUT2D eigenvalue weighted by molar-refractivity contribution is 0.837. The summed E-state index contributed by atoms with van der Waals surface area (Å²) in [5, 5.41) is 3.53. The molecule has 5 aromatic rings. The van der Waals surface area contributed by atoms with E-state index in [1.54, 1.807) is 0 Å². The topological polar surface area (TPSA) is 43.1 Å². The van der Waals surface area contributed by atoms with E-state index < -0.39 is 0 Å². The van der Waals surface area contributed by atoms with Gasteiger partial charge >= 0.3 is 0 Å². The summed E-state index contributed by atoms with van der Waals surface area (Å²) in [6, 6.07) is 18.7. The Balaban J connectivity index is 1.52. The first-order valence-corrected chi connectivity index (χ1v) is 9.28. The summed E-state index contributed by atoms with van der Waals surface area (Å²) in [7, 11) is 0. The Morgan fingerprint density at radius 1 is 0.778 bits per heavy atom. The molecule has 0 saturated heterocycles. The van der Waals surface area contributed by atoms with Gasteiger partial charge in [0.1, 0.15) is 11.5 Å². The van der Waals surface area contributed by atoms with Crippen molar-refractivity contribution in [3.8, 4) is 0 Å². The number of imidazole rings is 1. The molecule has 0 aliphatic carbocycles. The quantitative estimate of drug-likeness (QED) is 0.467. The Labute approximate surface area is 157 Å². The van der Waals surface area contributed by atoms with E-state index in [9.17, 15) is 0 Å². The number of benzene rings is 2. The fourth-order valence-electron chi connectivity index (χ4n) is 3.81. The zero-order valence-corrected chi connectivity index (χ0v) is 15.5. The Morgan fingerprint density at radius 2 is 1.56 bits per heavy atom. The third-order valence-corrected chi connectivity index (χ3v) is 5.28. The molecule has 0 bridgehead atoms. The highest BCUT2D eigenvalue weighted by Crippen LogP contribution is 2.23. The summed E-state index contributed by atoms with van der Waals surface area (Å²) >= 11 is 0. The van der Waals surface area contributed by atoms with Crippen LogP contribution in [0.25, 0.3) is 27.3 Å². The molecule has 0 spiro atoms. The molecule has 0 aliphatic heterocycles. The molecule has 4 heteroatoms. The molecular weight excluding hydrogens is 332 g/mol. The number of pyridine rings is 1. The molecule has 3 aromatic heterocycles. The number of fused-ring (bicyclic) bond motifs is 4. The van der Waals surface area contributed by atoms with Crippen molar-refractivity contribution in [3.63, 3.8) is 0 Å². The largest absolute Gasteiger partial charge is 0.304 e. The molecule has 0 saturated carbocycles. The van der Waals surface area contributed by atoms with E-state index in [1.165, 1.54) is 16.5 Å². The number of hydrogen-bond donors (Lipinski definition) is 0. The second-order valence-corrected chi connectivity index (χ2v) is 6.98. The molecule has 0 fully saturated rings. The van der Waals surface area contributed by atoms with Crippen LogP contribution in [-0.4, -0.2) is 19.4 Å². The SMILES string of the molecule is Cc1nc(CCc2nc3c4ccccc4ccn3c2C)nc2ccccc12. The number of rotatable bonds is 3. The molecule has 132 valence electrons. The van der Waals surface area contributed by atoms with Crippen LogP contribution in [-0.2, 0) is 12.8 Å². The first-order valence-electron chi connectivity index (χ1n) is 9.28. The van der Waals surface area contributed by atoms with E-state index in [1.807, 2.05) is 12.1 Å². The first-order chi connectivity index (χ1) is 13.2. The van der Waals surface area contributed by atoms with Crippen molar-refractivity contribution < 1.29 is 0 Å². The van der Waals surface area contributed by atoms with Crippen LogP contribution in [0.3, 0.4) is 0 Å². The van der Waals surface area contributed by atoms with Gasteiger partial charge in [-0.1, -0.05) is 42.5 Å². The molecule has 27 heavy (non-hydrogen) atoms. The summed E-state index contributed by atoms with van der Waals surface area (Å²) in [6.45, 7) is 4.19. The lowest BCUT2D eigenvalue weighted by atomic mass is 10.1. The van der Waals surface area contributed by atoms with Gasteiger partial charge in [0.05, 0.1) is 11.2 Å². The average Bonchev–Trinajstić information content (AvgIpc) is 3.03. The van der Waals surface area contributed by atoms with Gasteiger partial charge in [0.25, 0.3) is 0 Å². The van der Waals surface area contributed by atoms with Crippen LogP contribution in [0.5, 0.6) is 0 Å². The van der Waals surface area contributed by atoms with Gasteiger partial charge in [0.15, 0.2) is 0 Å². The zero-order chi connectivity index (χ0) is 18.4. The van der Waals surface area contributed by atoms with Crippen LogP contribution >= 0.6 is 0 Å². The highest BCUT2D eigenvalue weighted by atomic mass is 15.0. The minimum Gasteiger partial charge on any atom is -0.304 e. The van der Waals surface area contributed by atoms with Crippen molar-refractivity contribution in [1.82, 2.24) is 19.4 Å². The molecule has 0 atom stereocenters. The molecule has 0 amide bonds. The van der Waals surface area contributed by atoms with E-state index in [0.29, 0.717) is 0 Å². The maximum Gasteiger partial charge on any atom is 0.145 e. The second-order valence-electron chi connectivity index (χ2n) is 6.98. The van der Waals surface area contributed by atoms with Crippen LogP contribution in [0.15, 0.2) is 60.8 Å². The molecule has 0 radical (unpaired) electrons. The van der Waals surface area contributed by atoms with Gasteiger partial charge in [-0.2, -0.15) is 0 Å². The summed E-state index contributed by atoms with van der Waals surface area (Å²) in [4.78, 5) is 14.4. The predicted octanol–water partition coefficient (Wildman–Crippen LogP) is 4.83. The van der Waals surface area contributed by atoms with Gasteiger partial charge in [-0.05, 0) is 37.8 Å². The number of aromatic nitrogens is 4. The number of aryl methyl sites for hydroxylation is 4. The molecule has 0 unspecified atom stereocenters. The molecule has 0 N–H and O–H groups in total. The number of nitrogens with zero attached hydrogens (tertiary/aromatic N) is 4. The first kappa shape index (κ1) is 15.9. The zero-order valence-electron chi connectivity index (χ0n) is 15.5. The van der Waals surface area contributed by atoms with Crippen molar-refractivity contribution in [3.05, 3.63) is 83.7 Å². The van der Waals surface area contributed by atoms with Crippen LogP contribution in [0.4, 0.5) is 0 Å². The lowest BCUT2D eigenvalue weighted by Crippen LogP contribution is -2.02. The van der Waals surface area contributed by atoms with Crippen molar-refractivity contribution in [1.29, 1.82) is 0 Å².